The number of ketones is 1. The zero-order chi connectivity index (χ0) is 8.10. The van der Waals surface area contributed by atoms with Gasteiger partial charge in [-0.2, -0.15) is 0 Å². The van der Waals surface area contributed by atoms with Crippen molar-refractivity contribution in [2.24, 2.45) is 5.92 Å². The van der Waals surface area contributed by atoms with E-state index >= 15 is 0 Å². The van der Waals surface area contributed by atoms with Crippen LogP contribution in [-0.4, -0.2) is 5.78 Å². The van der Waals surface area contributed by atoms with Crippen LogP contribution in [0.2, 0.25) is 0 Å². The van der Waals surface area contributed by atoms with E-state index in [2.05, 4.69) is 12.3 Å². The van der Waals surface area contributed by atoms with Crippen molar-refractivity contribution in [2.75, 3.05) is 0 Å². The van der Waals surface area contributed by atoms with E-state index in [0.717, 1.165) is 12.8 Å². The lowest BCUT2D eigenvalue weighted by atomic mass is 9.86. The van der Waals surface area contributed by atoms with Crippen LogP contribution in [0, 0.1) is 5.92 Å². The van der Waals surface area contributed by atoms with Crippen LogP contribution in [0.4, 0.5) is 0 Å². The number of hydrogen-bond acceptors (Lipinski definition) is 1. The minimum absolute atomic E-state index is 0.222. The molecule has 11 heavy (non-hydrogen) atoms. The molecule has 0 heterocycles. The van der Waals surface area contributed by atoms with Gasteiger partial charge in [-0.3, -0.25) is 4.79 Å². The van der Waals surface area contributed by atoms with Crippen molar-refractivity contribution >= 4 is 5.78 Å². The van der Waals surface area contributed by atoms with E-state index in [1.165, 1.54) is 25.3 Å². The molecule has 0 amide bonds. The lowest BCUT2D eigenvalue weighted by Crippen LogP contribution is -2.14. The Morgan fingerprint density at radius 1 is 1.36 bits per heavy atom. The van der Waals surface area contributed by atoms with Gasteiger partial charge in [0.25, 0.3) is 0 Å². The van der Waals surface area contributed by atoms with Gasteiger partial charge in [-0.15, -0.1) is 5.73 Å². The third-order valence-electron chi connectivity index (χ3n) is 2.25. The molecule has 1 rings (SSSR count). The van der Waals surface area contributed by atoms with Gasteiger partial charge in [0.2, 0.25) is 0 Å². The van der Waals surface area contributed by atoms with Crippen LogP contribution in [-0.2, 0) is 4.79 Å². The van der Waals surface area contributed by atoms with Gasteiger partial charge in [-0.05, 0) is 12.8 Å². The smallest absolute Gasteiger partial charge is 0.166 e. The molecule has 1 aliphatic rings. The van der Waals surface area contributed by atoms with Gasteiger partial charge in [0.15, 0.2) is 5.78 Å². The highest BCUT2D eigenvalue weighted by Crippen LogP contribution is 2.24. The summed E-state index contributed by atoms with van der Waals surface area (Å²) in [5, 5.41) is 0. The van der Waals surface area contributed by atoms with Gasteiger partial charge in [0.1, 0.15) is 0 Å². The zero-order valence-electron chi connectivity index (χ0n) is 6.81. The molecule has 1 heteroatoms. The normalized spacial score (nSPS) is 18.9. The summed E-state index contributed by atoms with van der Waals surface area (Å²) in [5.41, 5.74) is 2.54. The highest BCUT2D eigenvalue weighted by atomic mass is 16.1. The number of allylic oxidation sites excluding steroid dienone is 1. The second-order valence-corrected chi connectivity index (χ2v) is 3.09. The summed E-state index contributed by atoms with van der Waals surface area (Å²) in [6.07, 6.45) is 7.33. The summed E-state index contributed by atoms with van der Waals surface area (Å²) >= 11 is 0. The van der Waals surface area contributed by atoms with Crippen LogP contribution in [0.5, 0.6) is 0 Å². The van der Waals surface area contributed by atoms with E-state index in [9.17, 15) is 4.79 Å². The second-order valence-electron chi connectivity index (χ2n) is 3.09. The molecule has 0 aromatic rings. The summed E-state index contributed by atoms with van der Waals surface area (Å²) in [4.78, 5) is 11.2. The van der Waals surface area contributed by atoms with Crippen molar-refractivity contribution < 1.29 is 4.79 Å². The van der Waals surface area contributed by atoms with Crippen LogP contribution >= 0.6 is 0 Å². The fraction of sp³-hybridized carbons (Fsp3) is 0.600. The molecule has 1 nitrogen and oxygen atoms in total. The molecule has 1 saturated carbocycles. The Morgan fingerprint density at radius 3 is 2.55 bits per heavy atom. The van der Waals surface area contributed by atoms with Crippen molar-refractivity contribution in [2.45, 2.75) is 32.1 Å². The third-order valence-corrected chi connectivity index (χ3v) is 2.25. The molecule has 1 fully saturated rings. The minimum Gasteiger partial charge on any atom is -0.294 e. The number of carbonyl (C=O) groups is 1. The molecule has 0 atom stereocenters. The number of carbonyl (C=O) groups excluding carboxylic acids is 1. The standard InChI is InChI=1S/C10H14O/c1-2-6-10(11)9-7-4-3-5-8-9/h6,9H,1,3-5,7-8H2. The Morgan fingerprint density at radius 2 is 2.00 bits per heavy atom. The Balaban J connectivity index is 2.44. The SMILES string of the molecule is C=C=CC(=O)C1CCCCC1. The molecule has 0 radical (unpaired) electrons. The first-order valence-electron chi connectivity index (χ1n) is 4.24. The zero-order valence-corrected chi connectivity index (χ0v) is 6.81. The summed E-state index contributed by atoms with van der Waals surface area (Å²) in [5.74, 6) is 0.498. The van der Waals surface area contributed by atoms with E-state index in [4.69, 9.17) is 0 Å². The fourth-order valence-electron chi connectivity index (χ4n) is 1.61. The van der Waals surface area contributed by atoms with Crippen molar-refractivity contribution in [1.29, 1.82) is 0 Å². The maximum atomic E-state index is 11.2. The van der Waals surface area contributed by atoms with E-state index < -0.39 is 0 Å². The molecule has 0 saturated heterocycles. The number of rotatable bonds is 2. The van der Waals surface area contributed by atoms with Crippen LogP contribution in [0.15, 0.2) is 18.4 Å². The van der Waals surface area contributed by atoms with Crippen LogP contribution < -0.4 is 0 Å². The molecule has 0 aliphatic heterocycles. The largest absolute Gasteiger partial charge is 0.294 e. The molecule has 0 spiro atoms. The average Bonchev–Trinajstić information content (AvgIpc) is 2.07. The van der Waals surface area contributed by atoms with Gasteiger partial charge in [0, 0.05) is 12.0 Å². The molecule has 0 unspecified atom stereocenters. The maximum Gasteiger partial charge on any atom is 0.166 e. The second kappa shape index (κ2) is 4.15. The molecule has 0 N–H and O–H groups in total. The van der Waals surface area contributed by atoms with Crippen molar-refractivity contribution in [3.8, 4) is 0 Å². The minimum atomic E-state index is 0.222. The van der Waals surface area contributed by atoms with Gasteiger partial charge < -0.3 is 0 Å². The van der Waals surface area contributed by atoms with Crippen LogP contribution in [0.25, 0.3) is 0 Å². The predicted octanol–water partition coefficient (Wildman–Crippen LogP) is 2.48. The van der Waals surface area contributed by atoms with Crippen molar-refractivity contribution in [3.05, 3.63) is 18.4 Å². The van der Waals surface area contributed by atoms with E-state index in [1.54, 1.807) is 0 Å². The average molecular weight is 150 g/mol. The first-order valence-corrected chi connectivity index (χ1v) is 4.24. The monoisotopic (exact) mass is 150 g/mol. The molecule has 0 bridgehead atoms. The summed E-state index contributed by atoms with van der Waals surface area (Å²) in [7, 11) is 0. The Labute approximate surface area is 67.8 Å². The molecular weight excluding hydrogens is 136 g/mol. The summed E-state index contributed by atoms with van der Waals surface area (Å²) in [6, 6.07) is 0. The molecule has 60 valence electrons. The van der Waals surface area contributed by atoms with Gasteiger partial charge in [-0.25, -0.2) is 0 Å². The Kier molecular flexibility index (Phi) is 3.13. The lowest BCUT2D eigenvalue weighted by Gasteiger charge is -2.17. The maximum absolute atomic E-state index is 11.2. The van der Waals surface area contributed by atoms with Crippen molar-refractivity contribution in [3.63, 3.8) is 0 Å². The first-order chi connectivity index (χ1) is 5.34. The van der Waals surface area contributed by atoms with E-state index in [1.807, 2.05) is 0 Å². The predicted molar refractivity (Wildman–Crippen MR) is 45.3 cm³/mol. The summed E-state index contributed by atoms with van der Waals surface area (Å²) < 4.78 is 0. The van der Waals surface area contributed by atoms with Gasteiger partial charge >= 0.3 is 0 Å². The van der Waals surface area contributed by atoms with E-state index in [0.29, 0.717) is 0 Å². The van der Waals surface area contributed by atoms with Gasteiger partial charge in [0.05, 0.1) is 0 Å². The number of hydrogen-bond donors (Lipinski definition) is 0. The highest BCUT2D eigenvalue weighted by molar-refractivity contribution is 5.91. The Bertz CT molecular complexity index is 181. The van der Waals surface area contributed by atoms with Crippen LogP contribution in [0.1, 0.15) is 32.1 Å². The molecular formula is C10H14O. The summed E-state index contributed by atoms with van der Waals surface area (Å²) in [6.45, 7) is 3.39. The molecule has 1 aliphatic carbocycles. The molecule has 0 aromatic carbocycles. The Hall–Kier alpha value is -0.810. The highest BCUT2D eigenvalue weighted by Gasteiger charge is 2.18. The quantitative estimate of drug-likeness (QED) is 0.436. The molecule has 0 aromatic heterocycles. The fourth-order valence-corrected chi connectivity index (χ4v) is 1.61. The van der Waals surface area contributed by atoms with Gasteiger partial charge in [-0.1, -0.05) is 25.8 Å². The first kappa shape index (κ1) is 8.29. The van der Waals surface area contributed by atoms with Crippen LogP contribution in [0.3, 0.4) is 0 Å². The lowest BCUT2D eigenvalue weighted by molar-refractivity contribution is -0.119. The topological polar surface area (TPSA) is 17.1 Å². The van der Waals surface area contributed by atoms with Crippen molar-refractivity contribution in [1.82, 2.24) is 0 Å². The third kappa shape index (κ3) is 2.36. The van der Waals surface area contributed by atoms with E-state index in [-0.39, 0.29) is 11.7 Å².